The average molecular weight is 408 g/mol. The predicted molar refractivity (Wildman–Crippen MR) is 95.8 cm³/mol. The molecular weight excluding hydrogens is 391 g/mol. The minimum absolute atomic E-state index is 0.115. The summed E-state index contributed by atoms with van der Waals surface area (Å²) in [7, 11) is 0. The Labute approximate surface area is 143 Å². The van der Waals surface area contributed by atoms with E-state index in [1.165, 1.54) is 6.92 Å². The van der Waals surface area contributed by atoms with Crippen LogP contribution in [0.3, 0.4) is 0 Å². The molecule has 5 heteroatoms. The molecule has 0 aliphatic heterocycles. The second-order valence-corrected chi connectivity index (χ2v) is 6.26. The number of nitrogens with one attached hydrogen (secondary N) is 2. The molecule has 1 atom stereocenters. The first-order chi connectivity index (χ1) is 10.5. The first kappa shape index (κ1) is 16.5. The largest absolute Gasteiger partial charge is 0.346 e. The lowest BCUT2D eigenvalue weighted by atomic mass is 10.1. The summed E-state index contributed by atoms with van der Waals surface area (Å²) < 4.78 is 1.02. The van der Waals surface area contributed by atoms with E-state index >= 15 is 0 Å². The Bertz CT molecular complexity index is 701. The van der Waals surface area contributed by atoms with Crippen LogP contribution < -0.4 is 10.6 Å². The Morgan fingerprint density at radius 2 is 1.82 bits per heavy atom. The highest BCUT2D eigenvalue weighted by Gasteiger charge is 2.12. The van der Waals surface area contributed by atoms with E-state index < -0.39 is 0 Å². The molecule has 0 bridgehead atoms. The number of carbonyl (C=O) groups is 2. The van der Waals surface area contributed by atoms with E-state index in [9.17, 15) is 9.59 Å². The lowest BCUT2D eigenvalue weighted by Gasteiger charge is -2.15. The third kappa shape index (κ3) is 4.56. The lowest BCUT2D eigenvalue weighted by Crippen LogP contribution is -2.26. The fraction of sp³-hybridized carbons (Fsp3) is 0.176. The first-order valence-electron chi connectivity index (χ1n) is 6.89. The van der Waals surface area contributed by atoms with Crippen LogP contribution in [0.2, 0.25) is 0 Å². The summed E-state index contributed by atoms with van der Waals surface area (Å²) in [6.07, 6.45) is 0. The molecule has 2 aromatic rings. The maximum Gasteiger partial charge on any atom is 0.251 e. The summed E-state index contributed by atoms with van der Waals surface area (Å²) in [4.78, 5) is 23.4. The normalized spacial score (nSPS) is 11.6. The summed E-state index contributed by atoms with van der Waals surface area (Å²) >= 11 is 2.18. The van der Waals surface area contributed by atoms with Crippen LogP contribution in [-0.4, -0.2) is 11.8 Å². The van der Waals surface area contributed by atoms with Crippen molar-refractivity contribution in [3.05, 3.63) is 63.2 Å². The van der Waals surface area contributed by atoms with Gasteiger partial charge in [0.15, 0.2) is 0 Å². The van der Waals surface area contributed by atoms with Gasteiger partial charge in [0.25, 0.3) is 5.91 Å². The molecule has 2 aromatic carbocycles. The molecule has 2 N–H and O–H groups in total. The van der Waals surface area contributed by atoms with Crippen LogP contribution in [0.25, 0.3) is 0 Å². The minimum atomic E-state index is -0.154. The van der Waals surface area contributed by atoms with E-state index in [-0.39, 0.29) is 17.9 Å². The van der Waals surface area contributed by atoms with Crippen molar-refractivity contribution < 1.29 is 9.59 Å². The predicted octanol–water partition coefficient (Wildman–Crippen LogP) is 3.74. The number of amides is 2. The number of rotatable bonds is 4. The van der Waals surface area contributed by atoms with E-state index in [0.29, 0.717) is 5.56 Å². The number of benzene rings is 2. The number of halogens is 1. The molecule has 2 rings (SSSR count). The van der Waals surface area contributed by atoms with Gasteiger partial charge in [-0.25, -0.2) is 0 Å². The molecule has 114 valence electrons. The molecule has 0 aromatic heterocycles. The van der Waals surface area contributed by atoms with Crippen molar-refractivity contribution in [1.29, 1.82) is 0 Å². The first-order valence-corrected chi connectivity index (χ1v) is 7.97. The number of carbonyl (C=O) groups excluding carboxylic acids is 2. The molecule has 0 heterocycles. The third-order valence-corrected chi connectivity index (χ3v) is 3.81. The molecule has 0 aliphatic carbocycles. The van der Waals surface area contributed by atoms with Gasteiger partial charge in [-0.2, -0.15) is 0 Å². The number of anilines is 1. The Balaban J connectivity index is 2.10. The third-order valence-electron chi connectivity index (χ3n) is 3.14. The fourth-order valence-electron chi connectivity index (χ4n) is 2.08. The zero-order valence-corrected chi connectivity index (χ0v) is 14.5. The zero-order valence-electron chi connectivity index (χ0n) is 12.4. The van der Waals surface area contributed by atoms with Crippen LogP contribution in [0.4, 0.5) is 5.69 Å². The molecule has 22 heavy (non-hydrogen) atoms. The van der Waals surface area contributed by atoms with Crippen LogP contribution >= 0.6 is 22.6 Å². The van der Waals surface area contributed by atoms with Crippen molar-refractivity contribution in [2.75, 3.05) is 5.32 Å². The molecule has 0 saturated carbocycles. The number of hydrogen-bond acceptors (Lipinski definition) is 2. The van der Waals surface area contributed by atoms with Gasteiger partial charge in [-0.1, -0.05) is 18.2 Å². The van der Waals surface area contributed by atoms with E-state index in [1.54, 1.807) is 6.07 Å². The molecule has 0 saturated heterocycles. The molecular formula is C17H17IN2O2. The van der Waals surface area contributed by atoms with Gasteiger partial charge in [0.2, 0.25) is 5.91 Å². The molecule has 2 amide bonds. The highest BCUT2D eigenvalue weighted by Crippen LogP contribution is 2.18. The van der Waals surface area contributed by atoms with Crippen molar-refractivity contribution in [2.24, 2.45) is 0 Å². The van der Waals surface area contributed by atoms with E-state index in [1.807, 2.05) is 49.4 Å². The monoisotopic (exact) mass is 408 g/mol. The zero-order chi connectivity index (χ0) is 16.1. The van der Waals surface area contributed by atoms with Crippen molar-refractivity contribution in [2.45, 2.75) is 19.9 Å². The fourth-order valence-corrected chi connectivity index (χ4v) is 2.63. The standard InChI is InChI=1S/C17H17IN2O2/c1-11(13-5-4-8-16(10-13)20-12(2)21)19-17(22)14-6-3-7-15(18)9-14/h3-11H,1-2H3,(H,19,22)(H,20,21). The van der Waals surface area contributed by atoms with Gasteiger partial charge in [-0.05, 0) is 65.4 Å². The molecule has 0 fully saturated rings. The van der Waals surface area contributed by atoms with Crippen LogP contribution in [0.1, 0.15) is 35.8 Å². The van der Waals surface area contributed by atoms with Gasteiger partial charge >= 0.3 is 0 Å². The van der Waals surface area contributed by atoms with Gasteiger partial charge < -0.3 is 10.6 Å². The maximum absolute atomic E-state index is 12.3. The Hall–Kier alpha value is -1.89. The van der Waals surface area contributed by atoms with Gasteiger partial charge in [0.1, 0.15) is 0 Å². The Morgan fingerprint density at radius 3 is 2.50 bits per heavy atom. The summed E-state index contributed by atoms with van der Waals surface area (Å²) in [6, 6.07) is 14.7. The highest BCUT2D eigenvalue weighted by atomic mass is 127. The topological polar surface area (TPSA) is 58.2 Å². The summed E-state index contributed by atoms with van der Waals surface area (Å²) in [5.74, 6) is -0.233. The average Bonchev–Trinajstić information content (AvgIpc) is 2.46. The van der Waals surface area contributed by atoms with Crippen LogP contribution in [0.15, 0.2) is 48.5 Å². The van der Waals surface area contributed by atoms with Crippen LogP contribution in [-0.2, 0) is 4.79 Å². The van der Waals surface area contributed by atoms with Gasteiger partial charge in [0.05, 0.1) is 6.04 Å². The minimum Gasteiger partial charge on any atom is -0.346 e. The van der Waals surface area contributed by atoms with Crippen molar-refractivity contribution in [3.63, 3.8) is 0 Å². The van der Waals surface area contributed by atoms with Gasteiger partial charge in [0, 0.05) is 21.7 Å². The number of hydrogen-bond donors (Lipinski definition) is 2. The molecule has 0 spiro atoms. The summed E-state index contributed by atoms with van der Waals surface area (Å²) in [5.41, 5.74) is 2.29. The summed E-state index contributed by atoms with van der Waals surface area (Å²) in [6.45, 7) is 3.38. The van der Waals surface area contributed by atoms with Crippen LogP contribution in [0.5, 0.6) is 0 Å². The maximum atomic E-state index is 12.3. The molecule has 1 unspecified atom stereocenters. The van der Waals surface area contributed by atoms with Crippen molar-refractivity contribution in [1.82, 2.24) is 5.32 Å². The molecule has 4 nitrogen and oxygen atoms in total. The van der Waals surface area contributed by atoms with Gasteiger partial charge in [-0.3, -0.25) is 9.59 Å². The Morgan fingerprint density at radius 1 is 1.09 bits per heavy atom. The van der Waals surface area contributed by atoms with Crippen molar-refractivity contribution in [3.8, 4) is 0 Å². The Kier molecular flexibility index (Phi) is 5.54. The smallest absolute Gasteiger partial charge is 0.251 e. The quantitative estimate of drug-likeness (QED) is 0.758. The lowest BCUT2D eigenvalue weighted by molar-refractivity contribution is -0.114. The van der Waals surface area contributed by atoms with Crippen LogP contribution in [0, 0.1) is 3.57 Å². The molecule has 0 aliphatic rings. The molecule has 0 radical (unpaired) electrons. The van der Waals surface area contributed by atoms with E-state index in [2.05, 4.69) is 33.2 Å². The SMILES string of the molecule is CC(=O)Nc1cccc(C(C)NC(=O)c2cccc(I)c2)c1. The van der Waals surface area contributed by atoms with E-state index in [0.717, 1.165) is 14.8 Å². The van der Waals surface area contributed by atoms with Crippen molar-refractivity contribution >= 4 is 40.1 Å². The second-order valence-electron chi connectivity index (χ2n) is 5.01. The second kappa shape index (κ2) is 7.40. The highest BCUT2D eigenvalue weighted by molar-refractivity contribution is 14.1. The van der Waals surface area contributed by atoms with E-state index in [4.69, 9.17) is 0 Å². The summed E-state index contributed by atoms with van der Waals surface area (Å²) in [5, 5.41) is 5.71. The van der Waals surface area contributed by atoms with Gasteiger partial charge in [-0.15, -0.1) is 0 Å².